The van der Waals surface area contributed by atoms with E-state index < -0.39 is 10.6 Å². The molecule has 0 radical (unpaired) electrons. The van der Waals surface area contributed by atoms with Gasteiger partial charge in [0, 0.05) is 46.7 Å². The first-order valence-electron chi connectivity index (χ1n) is 8.08. The third-order valence-electron chi connectivity index (χ3n) is 4.90. The predicted octanol–water partition coefficient (Wildman–Crippen LogP) is 4.07. The Hall–Kier alpha value is -0.0100. The lowest BCUT2D eigenvalue weighted by Gasteiger charge is -2.45. The van der Waals surface area contributed by atoms with Gasteiger partial charge in [-0.15, -0.1) is 0 Å². The maximum Gasteiger partial charge on any atom is 0.0465 e. The number of hydrogen-bond donors (Lipinski definition) is 3. The van der Waals surface area contributed by atoms with Gasteiger partial charge in [-0.1, -0.05) is 29.3 Å². The van der Waals surface area contributed by atoms with Crippen molar-refractivity contribution in [2.45, 2.75) is 37.9 Å². The summed E-state index contributed by atoms with van der Waals surface area (Å²) in [5.74, 6) is 1.03. The number of nitrogens with zero attached hydrogens (tertiary/aromatic N) is 1. The molecule has 0 aromatic heterocycles. The molecular weight excluding hydrogens is 355 g/mol. The van der Waals surface area contributed by atoms with Crippen molar-refractivity contribution in [3.63, 3.8) is 0 Å². The molecule has 2 heterocycles. The van der Waals surface area contributed by atoms with Gasteiger partial charge in [-0.3, -0.25) is 14.0 Å². The molecule has 2 saturated heterocycles. The van der Waals surface area contributed by atoms with Crippen LogP contribution in [-0.4, -0.2) is 50.7 Å². The van der Waals surface area contributed by atoms with Crippen LogP contribution < -0.4 is 5.32 Å². The molecule has 23 heavy (non-hydrogen) atoms. The fourth-order valence-electron chi connectivity index (χ4n) is 3.55. The molecule has 130 valence electrons. The molecular formula is C16H24Cl2N2O2S. The van der Waals surface area contributed by atoms with Crippen LogP contribution >= 0.6 is 33.8 Å². The van der Waals surface area contributed by atoms with Gasteiger partial charge < -0.3 is 5.32 Å². The van der Waals surface area contributed by atoms with E-state index in [1.54, 1.807) is 6.07 Å². The predicted molar refractivity (Wildman–Crippen MR) is 98.9 cm³/mol. The van der Waals surface area contributed by atoms with Crippen LogP contribution in [0.3, 0.4) is 0 Å². The highest BCUT2D eigenvalue weighted by Gasteiger charge is 2.33. The van der Waals surface area contributed by atoms with E-state index >= 15 is 0 Å². The molecule has 0 unspecified atom stereocenters. The minimum atomic E-state index is -2.35. The van der Waals surface area contributed by atoms with Crippen LogP contribution in [0.4, 0.5) is 0 Å². The van der Waals surface area contributed by atoms with Gasteiger partial charge in [0.15, 0.2) is 0 Å². The molecule has 1 aromatic carbocycles. The summed E-state index contributed by atoms with van der Waals surface area (Å²) in [5.41, 5.74) is 1.08. The molecule has 2 fully saturated rings. The molecule has 1 atom stereocenters. The summed E-state index contributed by atoms with van der Waals surface area (Å²) in [7, 11) is -2.35. The van der Waals surface area contributed by atoms with Gasteiger partial charge in [-0.25, -0.2) is 0 Å². The number of nitrogens with one attached hydrogen (secondary N) is 1. The van der Waals surface area contributed by atoms with Crippen molar-refractivity contribution in [3.05, 3.63) is 33.8 Å². The van der Waals surface area contributed by atoms with E-state index in [1.165, 1.54) is 0 Å². The van der Waals surface area contributed by atoms with E-state index in [4.69, 9.17) is 23.2 Å². The monoisotopic (exact) mass is 378 g/mol. The maximum absolute atomic E-state index is 9.88. The van der Waals surface area contributed by atoms with E-state index in [0.717, 1.165) is 44.5 Å². The highest BCUT2D eigenvalue weighted by molar-refractivity contribution is 8.24. The lowest BCUT2D eigenvalue weighted by atomic mass is 10.0. The van der Waals surface area contributed by atoms with E-state index in [0.29, 0.717) is 33.6 Å². The van der Waals surface area contributed by atoms with Crippen LogP contribution in [0.15, 0.2) is 18.2 Å². The second-order valence-electron chi connectivity index (χ2n) is 6.50. The van der Waals surface area contributed by atoms with Gasteiger partial charge in [0.25, 0.3) is 0 Å². The first-order chi connectivity index (χ1) is 10.9. The van der Waals surface area contributed by atoms with Crippen molar-refractivity contribution < 1.29 is 9.11 Å². The molecule has 0 bridgehead atoms. The van der Waals surface area contributed by atoms with Crippen molar-refractivity contribution in [2.24, 2.45) is 0 Å². The van der Waals surface area contributed by atoms with Crippen LogP contribution in [0, 0.1) is 0 Å². The zero-order valence-corrected chi connectivity index (χ0v) is 15.4. The number of hydrogen-bond acceptors (Lipinski definition) is 4. The Balaban J connectivity index is 1.76. The van der Waals surface area contributed by atoms with E-state index in [9.17, 15) is 9.11 Å². The van der Waals surface area contributed by atoms with E-state index in [1.807, 2.05) is 12.1 Å². The largest absolute Gasteiger partial charge is 0.315 e. The fraction of sp³-hybridized carbons (Fsp3) is 0.625. The van der Waals surface area contributed by atoms with Gasteiger partial charge in [0.1, 0.15) is 0 Å². The Bertz CT molecular complexity index is 543. The summed E-state index contributed by atoms with van der Waals surface area (Å²) in [5, 5.41) is 4.78. The molecule has 0 amide bonds. The van der Waals surface area contributed by atoms with Gasteiger partial charge >= 0.3 is 0 Å². The smallest absolute Gasteiger partial charge is 0.0465 e. The number of rotatable bonds is 4. The molecule has 1 aromatic rings. The van der Waals surface area contributed by atoms with Gasteiger partial charge in [0.05, 0.1) is 0 Å². The quantitative estimate of drug-likeness (QED) is 0.738. The fourth-order valence-corrected chi connectivity index (χ4v) is 5.52. The second-order valence-corrected chi connectivity index (χ2v) is 9.76. The molecule has 3 N–H and O–H groups in total. The standard InChI is InChI=1S/C16H24Cl2N2O2S/c17-13-2-1-12(16(18)9-13)11-20(15-3-6-19-10-15)14-4-7-23(21,22)8-5-14/h1-2,9,14-15,19,21-22H,3-8,10-11H2/t15-/m0/s1. The SMILES string of the molecule is OS1(O)CCC(N(Cc2ccc(Cl)cc2Cl)[C@H]2CCNC2)CC1. The molecule has 2 aliphatic heterocycles. The van der Waals surface area contributed by atoms with Gasteiger partial charge in [0.2, 0.25) is 0 Å². The summed E-state index contributed by atoms with van der Waals surface area (Å²) < 4.78 is 19.8. The van der Waals surface area contributed by atoms with Crippen molar-refractivity contribution in [1.82, 2.24) is 10.2 Å². The Morgan fingerprint density at radius 1 is 1.13 bits per heavy atom. The Labute approximate surface area is 149 Å². The lowest BCUT2D eigenvalue weighted by molar-refractivity contribution is 0.123. The minimum Gasteiger partial charge on any atom is -0.315 e. The zero-order chi connectivity index (χ0) is 16.4. The van der Waals surface area contributed by atoms with E-state index in [2.05, 4.69) is 10.2 Å². The average molecular weight is 379 g/mol. The molecule has 4 nitrogen and oxygen atoms in total. The Morgan fingerprint density at radius 3 is 2.48 bits per heavy atom. The number of benzene rings is 1. The van der Waals surface area contributed by atoms with Crippen LogP contribution in [0.2, 0.25) is 10.0 Å². The molecule has 2 aliphatic rings. The average Bonchev–Trinajstić information content (AvgIpc) is 3.01. The van der Waals surface area contributed by atoms with Crippen LogP contribution in [0.1, 0.15) is 24.8 Å². The molecule has 0 aliphatic carbocycles. The van der Waals surface area contributed by atoms with Gasteiger partial charge in [-0.05, 0) is 43.5 Å². The van der Waals surface area contributed by atoms with E-state index in [-0.39, 0.29) is 0 Å². The summed E-state index contributed by atoms with van der Waals surface area (Å²) in [6.45, 7) is 2.81. The first-order valence-corrected chi connectivity index (χ1v) is 10.7. The highest BCUT2D eigenvalue weighted by Crippen LogP contribution is 2.45. The normalized spacial score (nSPS) is 26.6. The lowest BCUT2D eigenvalue weighted by Crippen LogP contribution is -2.46. The molecule has 0 saturated carbocycles. The summed E-state index contributed by atoms with van der Waals surface area (Å²) in [6, 6.07) is 6.53. The molecule has 3 rings (SSSR count). The Morgan fingerprint density at radius 2 is 1.87 bits per heavy atom. The molecule has 7 heteroatoms. The van der Waals surface area contributed by atoms with Crippen molar-refractivity contribution in [3.8, 4) is 0 Å². The summed E-state index contributed by atoms with van der Waals surface area (Å²) >= 11 is 12.4. The molecule has 0 spiro atoms. The zero-order valence-electron chi connectivity index (χ0n) is 13.0. The maximum atomic E-state index is 9.88. The number of halogens is 2. The second kappa shape index (κ2) is 7.48. The van der Waals surface area contributed by atoms with Crippen LogP contribution in [-0.2, 0) is 6.54 Å². The summed E-state index contributed by atoms with van der Waals surface area (Å²) in [6.07, 6.45) is 2.80. The van der Waals surface area contributed by atoms with Crippen LogP contribution in [0.25, 0.3) is 0 Å². The van der Waals surface area contributed by atoms with Crippen molar-refractivity contribution >= 4 is 33.8 Å². The topological polar surface area (TPSA) is 55.7 Å². The van der Waals surface area contributed by atoms with Crippen molar-refractivity contribution in [2.75, 3.05) is 24.6 Å². The highest BCUT2D eigenvalue weighted by atomic mass is 35.5. The van der Waals surface area contributed by atoms with Crippen molar-refractivity contribution in [1.29, 1.82) is 0 Å². The summed E-state index contributed by atoms with van der Waals surface area (Å²) in [4.78, 5) is 2.50. The third-order valence-corrected chi connectivity index (χ3v) is 7.26. The first kappa shape index (κ1) is 17.8. The minimum absolute atomic E-state index is 0.381. The Kier molecular flexibility index (Phi) is 5.79. The van der Waals surface area contributed by atoms with Gasteiger partial charge in [-0.2, -0.15) is 10.6 Å². The third kappa shape index (κ3) is 4.54. The van der Waals surface area contributed by atoms with Crippen LogP contribution in [0.5, 0.6) is 0 Å².